The van der Waals surface area contributed by atoms with Gasteiger partial charge in [0.05, 0.1) is 6.10 Å². The molecule has 1 aliphatic heterocycles. The van der Waals surface area contributed by atoms with Crippen molar-refractivity contribution in [1.82, 2.24) is 16.0 Å². The molecule has 132 valence electrons. The third-order valence-corrected chi connectivity index (χ3v) is 4.18. The van der Waals surface area contributed by atoms with Gasteiger partial charge in [-0.1, -0.05) is 32.9 Å². The van der Waals surface area contributed by atoms with Crippen LogP contribution in [0.25, 0.3) is 0 Å². The summed E-state index contributed by atoms with van der Waals surface area (Å²) in [6.45, 7) is 7.80. The minimum atomic E-state index is -0.417. The van der Waals surface area contributed by atoms with Crippen molar-refractivity contribution in [3.63, 3.8) is 0 Å². The molecule has 2 atom stereocenters. The first-order valence-corrected chi connectivity index (χ1v) is 8.31. The van der Waals surface area contributed by atoms with Gasteiger partial charge in [-0.3, -0.25) is 9.59 Å². The smallest absolute Gasteiger partial charge is 0.251 e. The van der Waals surface area contributed by atoms with Gasteiger partial charge in [-0.15, -0.1) is 0 Å². The van der Waals surface area contributed by atoms with Crippen molar-refractivity contribution in [3.05, 3.63) is 35.4 Å². The largest absolute Gasteiger partial charge is 0.391 e. The molecule has 1 aromatic rings. The molecule has 0 aromatic heterocycles. The van der Waals surface area contributed by atoms with Gasteiger partial charge in [0.2, 0.25) is 5.91 Å². The maximum atomic E-state index is 12.1. The summed E-state index contributed by atoms with van der Waals surface area (Å²) in [5.74, 6) is -0.103. The minimum Gasteiger partial charge on any atom is -0.391 e. The molecule has 6 heteroatoms. The van der Waals surface area contributed by atoms with E-state index in [2.05, 4.69) is 16.0 Å². The molecule has 1 aliphatic rings. The number of benzene rings is 1. The van der Waals surface area contributed by atoms with Gasteiger partial charge in [0.15, 0.2) is 0 Å². The lowest BCUT2D eigenvalue weighted by atomic mass is 9.95. The van der Waals surface area contributed by atoms with Crippen LogP contribution in [0.4, 0.5) is 0 Å². The summed E-state index contributed by atoms with van der Waals surface area (Å²) >= 11 is 0. The molecule has 0 bridgehead atoms. The van der Waals surface area contributed by atoms with E-state index in [-0.39, 0.29) is 17.7 Å². The summed E-state index contributed by atoms with van der Waals surface area (Å²) in [4.78, 5) is 24.0. The molecule has 0 spiro atoms. The summed E-state index contributed by atoms with van der Waals surface area (Å²) < 4.78 is 0. The monoisotopic (exact) mass is 333 g/mol. The number of hydrogen-bond acceptors (Lipinski definition) is 4. The highest BCUT2D eigenvalue weighted by Crippen LogP contribution is 2.13. The van der Waals surface area contributed by atoms with Crippen LogP contribution in [0.1, 0.15) is 36.7 Å². The van der Waals surface area contributed by atoms with Crippen LogP contribution in [-0.4, -0.2) is 42.7 Å². The lowest BCUT2D eigenvalue weighted by Crippen LogP contribution is -2.34. The first-order chi connectivity index (χ1) is 11.3. The molecule has 2 unspecified atom stereocenters. The average molecular weight is 333 g/mol. The molecule has 0 saturated carbocycles. The first-order valence-electron chi connectivity index (χ1n) is 8.31. The lowest BCUT2D eigenvalue weighted by molar-refractivity contribution is -0.128. The van der Waals surface area contributed by atoms with Crippen LogP contribution in [0.3, 0.4) is 0 Å². The van der Waals surface area contributed by atoms with E-state index in [1.54, 1.807) is 12.1 Å². The molecule has 2 rings (SSSR count). The highest BCUT2D eigenvalue weighted by atomic mass is 16.3. The van der Waals surface area contributed by atoms with Gasteiger partial charge in [-0.2, -0.15) is 0 Å². The van der Waals surface area contributed by atoms with E-state index < -0.39 is 11.5 Å². The molecule has 1 saturated heterocycles. The van der Waals surface area contributed by atoms with Crippen LogP contribution < -0.4 is 16.0 Å². The molecular weight excluding hydrogens is 306 g/mol. The van der Waals surface area contributed by atoms with Crippen molar-refractivity contribution in [2.75, 3.05) is 19.6 Å². The molecular formula is C18H27N3O3. The fourth-order valence-corrected chi connectivity index (χ4v) is 2.47. The van der Waals surface area contributed by atoms with Crippen LogP contribution >= 0.6 is 0 Å². The van der Waals surface area contributed by atoms with Crippen molar-refractivity contribution in [2.45, 2.75) is 33.4 Å². The Morgan fingerprint density at radius 2 is 1.83 bits per heavy atom. The highest BCUT2D eigenvalue weighted by molar-refractivity contribution is 5.94. The van der Waals surface area contributed by atoms with Gasteiger partial charge in [-0.25, -0.2) is 0 Å². The van der Waals surface area contributed by atoms with E-state index in [0.717, 1.165) is 5.56 Å². The van der Waals surface area contributed by atoms with Crippen LogP contribution in [0, 0.1) is 11.3 Å². The molecule has 1 heterocycles. The van der Waals surface area contributed by atoms with Crippen LogP contribution in [-0.2, 0) is 11.3 Å². The molecule has 6 nitrogen and oxygen atoms in total. The van der Waals surface area contributed by atoms with Gasteiger partial charge in [-0.05, 0) is 17.7 Å². The number of nitrogens with one attached hydrogen (secondary N) is 3. The SMILES string of the molecule is CC(C)(C)C(=O)NCc1ccc(C(=O)NCC2CNCC2O)cc1. The van der Waals surface area contributed by atoms with Crippen molar-refractivity contribution in [1.29, 1.82) is 0 Å². The number of rotatable bonds is 5. The van der Waals surface area contributed by atoms with E-state index in [4.69, 9.17) is 0 Å². The molecule has 24 heavy (non-hydrogen) atoms. The summed E-state index contributed by atoms with van der Waals surface area (Å²) in [5, 5.41) is 18.5. The van der Waals surface area contributed by atoms with Crippen molar-refractivity contribution < 1.29 is 14.7 Å². The molecule has 1 fully saturated rings. The Kier molecular flexibility index (Phi) is 5.96. The van der Waals surface area contributed by atoms with Gasteiger partial charge in [0, 0.05) is 43.1 Å². The highest BCUT2D eigenvalue weighted by Gasteiger charge is 2.25. The number of hydrogen-bond donors (Lipinski definition) is 4. The van der Waals surface area contributed by atoms with Crippen molar-refractivity contribution >= 4 is 11.8 Å². The molecule has 0 radical (unpaired) electrons. The van der Waals surface area contributed by atoms with Crippen LogP contribution in [0.2, 0.25) is 0 Å². The zero-order chi connectivity index (χ0) is 17.7. The average Bonchev–Trinajstić information content (AvgIpc) is 2.95. The Morgan fingerprint density at radius 1 is 1.17 bits per heavy atom. The number of aliphatic hydroxyl groups excluding tert-OH is 1. The third-order valence-electron chi connectivity index (χ3n) is 4.18. The number of amides is 2. The quantitative estimate of drug-likeness (QED) is 0.637. The lowest BCUT2D eigenvalue weighted by Gasteiger charge is -2.17. The summed E-state index contributed by atoms with van der Waals surface area (Å²) in [6.07, 6.45) is -0.404. The predicted octanol–water partition coefficient (Wildman–Crippen LogP) is 0.659. The zero-order valence-electron chi connectivity index (χ0n) is 14.6. The maximum absolute atomic E-state index is 12.1. The van der Waals surface area contributed by atoms with Crippen molar-refractivity contribution in [2.24, 2.45) is 11.3 Å². The number of β-amino-alcohol motifs (C(OH)–C–C–N with tert-alkyl or cyclic N) is 1. The number of aliphatic hydroxyl groups is 1. The van der Waals surface area contributed by atoms with E-state index in [1.807, 2.05) is 32.9 Å². The Morgan fingerprint density at radius 3 is 2.38 bits per heavy atom. The summed E-state index contributed by atoms with van der Waals surface area (Å²) in [6, 6.07) is 7.17. The molecule has 2 amide bonds. The van der Waals surface area contributed by atoms with E-state index in [9.17, 15) is 14.7 Å². The van der Waals surface area contributed by atoms with E-state index >= 15 is 0 Å². The van der Waals surface area contributed by atoms with E-state index in [0.29, 0.717) is 31.7 Å². The fourth-order valence-electron chi connectivity index (χ4n) is 2.47. The maximum Gasteiger partial charge on any atom is 0.251 e. The van der Waals surface area contributed by atoms with E-state index in [1.165, 1.54) is 0 Å². The Bertz CT molecular complexity index is 578. The molecule has 4 N–H and O–H groups in total. The van der Waals surface area contributed by atoms with Crippen LogP contribution in [0.15, 0.2) is 24.3 Å². The second kappa shape index (κ2) is 7.77. The molecule has 1 aromatic carbocycles. The Balaban J connectivity index is 1.82. The first kappa shape index (κ1) is 18.4. The second-order valence-electron chi connectivity index (χ2n) is 7.33. The number of carbonyl (C=O) groups excluding carboxylic acids is 2. The second-order valence-corrected chi connectivity index (χ2v) is 7.33. The van der Waals surface area contributed by atoms with Gasteiger partial charge in [0.25, 0.3) is 5.91 Å². The Hall–Kier alpha value is -1.92. The molecule has 0 aliphatic carbocycles. The van der Waals surface area contributed by atoms with Gasteiger partial charge < -0.3 is 21.1 Å². The standard InChI is InChI=1S/C18H27N3O3/c1-18(2,3)17(24)21-8-12-4-6-13(7-5-12)16(23)20-10-14-9-19-11-15(14)22/h4-7,14-15,19,22H,8-11H2,1-3H3,(H,20,23)(H,21,24). The minimum absolute atomic E-state index is 0.00643. The van der Waals surface area contributed by atoms with Gasteiger partial charge >= 0.3 is 0 Å². The van der Waals surface area contributed by atoms with Gasteiger partial charge in [0.1, 0.15) is 0 Å². The topological polar surface area (TPSA) is 90.5 Å². The predicted molar refractivity (Wildman–Crippen MR) is 92.4 cm³/mol. The Labute approximate surface area is 143 Å². The summed E-state index contributed by atoms with van der Waals surface area (Å²) in [5.41, 5.74) is 1.10. The normalized spacial score (nSPS) is 20.7. The third kappa shape index (κ3) is 5.04. The zero-order valence-corrected chi connectivity index (χ0v) is 14.6. The van der Waals surface area contributed by atoms with Crippen molar-refractivity contribution in [3.8, 4) is 0 Å². The van der Waals surface area contributed by atoms with Crippen LogP contribution in [0.5, 0.6) is 0 Å². The number of carbonyl (C=O) groups is 2. The summed E-state index contributed by atoms with van der Waals surface area (Å²) in [7, 11) is 0. The fraction of sp³-hybridized carbons (Fsp3) is 0.556.